The number of aromatic nitrogens is 4. The third-order valence-electron chi connectivity index (χ3n) is 6.97. The van der Waals surface area contributed by atoms with Crippen molar-refractivity contribution in [1.29, 1.82) is 0 Å². The Hall–Kier alpha value is -5.34. The van der Waals surface area contributed by atoms with Crippen LogP contribution in [0.25, 0.3) is 10.1 Å². The second-order valence-corrected chi connectivity index (χ2v) is 11.6. The van der Waals surface area contributed by atoms with Crippen molar-refractivity contribution in [3.05, 3.63) is 112 Å². The molecule has 0 aliphatic heterocycles. The summed E-state index contributed by atoms with van der Waals surface area (Å²) in [5.74, 6) is -3.43. The van der Waals surface area contributed by atoms with E-state index in [1.54, 1.807) is 25.1 Å². The van der Waals surface area contributed by atoms with Gasteiger partial charge in [0, 0.05) is 35.3 Å². The summed E-state index contributed by atoms with van der Waals surface area (Å²) >= 11 is 7.47. The van der Waals surface area contributed by atoms with Crippen molar-refractivity contribution in [2.75, 3.05) is 5.32 Å². The highest BCUT2D eigenvalue weighted by Crippen LogP contribution is 2.36. The molecule has 4 N–H and O–H groups in total. The molecule has 0 fully saturated rings. The highest BCUT2D eigenvalue weighted by Gasteiger charge is 2.30. The number of anilines is 1. The summed E-state index contributed by atoms with van der Waals surface area (Å²) in [5.41, 5.74) is 6.43. The normalized spacial score (nSPS) is 12.2. The standard InChI is InChI=1S/C32H27ClF2N8O3S/c1-17(44)16-43-28(18(2)22-12-20(34)5-7-24(22)33)29(41-31(45)27-23-13-21(35)6-8-25(23)47-42-27)40-30(43)32(46)39-15-19-4-9-26(38-14-19)37-11-3-10-36/h3-14,18H,15-16,36H2,1-2H3,(H,39,46)(H,41,45)/t18-/m0/s1. The van der Waals surface area contributed by atoms with E-state index in [2.05, 4.69) is 30.0 Å². The van der Waals surface area contributed by atoms with Crippen LogP contribution in [-0.2, 0) is 17.9 Å². The van der Waals surface area contributed by atoms with Crippen LogP contribution in [0.1, 0.15) is 57.7 Å². The molecule has 0 saturated carbocycles. The maximum Gasteiger partial charge on any atom is 0.287 e. The molecule has 240 valence electrons. The Kier molecular flexibility index (Phi) is 10.1. The summed E-state index contributed by atoms with van der Waals surface area (Å²) in [5, 5.41) is 5.96. The van der Waals surface area contributed by atoms with Crippen LogP contribution in [0.4, 0.5) is 20.4 Å². The molecule has 0 saturated heterocycles. The van der Waals surface area contributed by atoms with Gasteiger partial charge in [0.25, 0.3) is 11.8 Å². The lowest BCUT2D eigenvalue weighted by Gasteiger charge is -2.19. The summed E-state index contributed by atoms with van der Waals surface area (Å²) in [7, 11) is 0. The van der Waals surface area contributed by atoms with E-state index in [1.807, 2.05) is 0 Å². The second kappa shape index (κ2) is 14.4. The van der Waals surface area contributed by atoms with Gasteiger partial charge in [0.15, 0.2) is 11.6 Å². The van der Waals surface area contributed by atoms with E-state index in [-0.39, 0.29) is 52.3 Å². The fraction of sp³-hybridized carbons (Fsp3) is 0.156. The van der Waals surface area contributed by atoms with Crippen molar-refractivity contribution in [1.82, 2.24) is 24.2 Å². The number of fused-ring (bicyclic) bond motifs is 1. The minimum atomic E-state index is -0.766. The number of carbonyl (C=O) groups excluding carboxylic acids is 3. The molecule has 2 aromatic carbocycles. The Morgan fingerprint density at radius 1 is 1.11 bits per heavy atom. The number of benzene rings is 2. The Bertz CT molecular complexity index is 2040. The number of ketones is 1. The number of aliphatic imine (C=N–C) groups is 1. The largest absolute Gasteiger partial charge is 0.405 e. The van der Waals surface area contributed by atoms with Crippen LogP contribution in [0.2, 0.25) is 5.02 Å². The zero-order valence-corrected chi connectivity index (χ0v) is 26.6. The van der Waals surface area contributed by atoms with Gasteiger partial charge in [0.1, 0.15) is 23.1 Å². The zero-order valence-electron chi connectivity index (χ0n) is 25.0. The maximum atomic E-state index is 14.4. The number of hydrogen-bond donors (Lipinski definition) is 3. The van der Waals surface area contributed by atoms with Crippen molar-refractivity contribution in [3.8, 4) is 0 Å². The lowest BCUT2D eigenvalue weighted by Crippen LogP contribution is -2.28. The molecule has 1 atom stereocenters. The van der Waals surface area contributed by atoms with E-state index in [4.69, 9.17) is 17.3 Å². The van der Waals surface area contributed by atoms with Gasteiger partial charge in [-0.05, 0) is 84.3 Å². The fourth-order valence-electron chi connectivity index (χ4n) is 4.82. The number of imidazole rings is 1. The average Bonchev–Trinajstić information content (AvgIpc) is 3.62. The predicted octanol–water partition coefficient (Wildman–Crippen LogP) is 5.92. The van der Waals surface area contributed by atoms with Crippen LogP contribution in [0, 0.1) is 11.6 Å². The van der Waals surface area contributed by atoms with Gasteiger partial charge in [-0.2, -0.15) is 4.37 Å². The van der Waals surface area contributed by atoms with E-state index < -0.39 is 29.4 Å². The quantitative estimate of drug-likeness (QED) is 0.147. The number of halogens is 3. The number of Topliss-reactive ketones (excluding diaryl/α,β-unsaturated/α-hetero) is 1. The first-order valence-corrected chi connectivity index (χ1v) is 15.3. The van der Waals surface area contributed by atoms with Crippen molar-refractivity contribution in [2.45, 2.75) is 32.9 Å². The first kappa shape index (κ1) is 33.0. The number of amides is 2. The molecule has 0 unspecified atom stereocenters. The molecule has 3 heterocycles. The van der Waals surface area contributed by atoms with Crippen molar-refractivity contribution < 1.29 is 23.2 Å². The van der Waals surface area contributed by atoms with Crippen molar-refractivity contribution in [2.24, 2.45) is 10.7 Å². The Labute approximate surface area is 276 Å². The van der Waals surface area contributed by atoms with Crippen LogP contribution >= 0.6 is 23.1 Å². The van der Waals surface area contributed by atoms with Gasteiger partial charge in [0.05, 0.1) is 16.9 Å². The minimum Gasteiger partial charge on any atom is -0.405 e. The number of rotatable bonds is 11. The summed E-state index contributed by atoms with van der Waals surface area (Å²) in [4.78, 5) is 52.5. The van der Waals surface area contributed by atoms with Crippen LogP contribution < -0.4 is 16.4 Å². The second-order valence-electron chi connectivity index (χ2n) is 10.3. The van der Waals surface area contributed by atoms with Gasteiger partial charge >= 0.3 is 0 Å². The Morgan fingerprint density at radius 3 is 2.60 bits per heavy atom. The number of nitrogens with one attached hydrogen (secondary N) is 2. The zero-order chi connectivity index (χ0) is 33.7. The molecule has 2 amide bonds. The van der Waals surface area contributed by atoms with E-state index in [1.165, 1.54) is 66.5 Å². The monoisotopic (exact) mass is 676 g/mol. The number of pyridine rings is 1. The predicted molar refractivity (Wildman–Crippen MR) is 176 cm³/mol. The van der Waals surface area contributed by atoms with Gasteiger partial charge in [0.2, 0.25) is 5.82 Å². The number of nitrogens with zero attached hydrogens (tertiary/aromatic N) is 5. The smallest absolute Gasteiger partial charge is 0.287 e. The molecule has 5 aromatic rings. The van der Waals surface area contributed by atoms with E-state index in [9.17, 15) is 23.2 Å². The molecular formula is C32H27ClF2N8O3S. The SMILES string of the molecule is CC(=O)Cn1c(C(=O)NCc2ccc(N=CC=CN)nc2)nc(NC(=O)c2nsc3ccc(F)cc23)c1[C@@H](C)c1cc(F)ccc1Cl. The maximum absolute atomic E-state index is 14.4. The number of carbonyl (C=O) groups is 3. The molecular weight excluding hydrogens is 650 g/mol. The number of hydrogen-bond acceptors (Lipinski definition) is 9. The van der Waals surface area contributed by atoms with Crippen LogP contribution in [-0.4, -0.2) is 42.7 Å². The van der Waals surface area contributed by atoms with E-state index in [0.717, 1.165) is 11.5 Å². The lowest BCUT2D eigenvalue weighted by atomic mass is 9.96. The van der Waals surface area contributed by atoms with E-state index in [0.29, 0.717) is 21.6 Å². The third kappa shape index (κ3) is 7.56. The lowest BCUT2D eigenvalue weighted by molar-refractivity contribution is -0.117. The summed E-state index contributed by atoms with van der Waals surface area (Å²) < 4.78 is 34.6. The van der Waals surface area contributed by atoms with E-state index >= 15 is 0 Å². The van der Waals surface area contributed by atoms with Gasteiger partial charge in [-0.15, -0.1) is 0 Å². The Balaban J connectivity index is 1.53. The van der Waals surface area contributed by atoms with Gasteiger partial charge in [-0.25, -0.2) is 23.7 Å². The van der Waals surface area contributed by atoms with Crippen LogP contribution in [0.15, 0.2) is 72.0 Å². The summed E-state index contributed by atoms with van der Waals surface area (Å²) in [6, 6.07) is 11.2. The molecule has 0 bridgehead atoms. The Morgan fingerprint density at radius 2 is 1.87 bits per heavy atom. The van der Waals surface area contributed by atoms with Gasteiger partial charge < -0.3 is 20.9 Å². The first-order chi connectivity index (χ1) is 22.5. The van der Waals surface area contributed by atoms with Crippen molar-refractivity contribution in [3.63, 3.8) is 0 Å². The van der Waals surface area contributed by atoms with Crippen LogP contribution in [0.3, 0.4) is 0 Å². The minimum absolute atomic E-state index is 0.0458. The highest BCUT2D eigenvalue weighted by molar-refractivity contribution is 7.13. The molecule has 0 radical (unpaired) electrons. The first-order valence-electron chi connectivity index (χ1n) is 14.1. The molecule has 0 aliphatic carbocycles. The van der Waals surface area contributed by atoms with Gasteiger partial charge in [-0.1, -0.05) is 24.6 Å². The van der Waals surface area contributed by atoms with Crippen LogP contribution in [0.5, 0.6) is 0 Å². The summed E-state index contributed by atoms with van der Waals surface area (Å²) in [6.07, 6.45) is 5.90. The number of nitrogens with two attached hydrogens (primary N) is 1. The molecule has 0 aliphatic rings. The summed E-state index contributed by atoms with van der Waals surface area (Å²) in [6.45, 7) is 2.76. The highest BCUT2D eigenvalue weighted by atomic mass is 35.5. The molecule has 15 heteroatoms. The molecule has 3 aromatic heterocycles. The molecule has 0 spiro atoms. The number of allylic oxidation sites excluding steroid dienone is 1. The fourth-order valence-corrected chi connectivity index (χ4v) is 5.85. The van der Waals surface area contributed by atoms with Crippen molar-refractivity contribution >= 4 is 68.7 Å². The molecule has 5 rings (SSSR count). The molecule has 47 heavy (non-hydrogen) atoms. The topological polar surface area (TPSA) is 157 Å². The average molecular weight is 677 g/mol. The molecule has 11 nitrogen and oxygen atoms in total. The third-order valence-corrected chi connectivity index (χ3v) is 8.14. The van der Waals surface area contributed by atoms with Gasteiger partial charge in [-0.3, -0.25) is 14.4 Å².